The van der Waals surface area contributed by atoms with E-state index in [1.54, 1.807) is 4.90 Å². The third kappa shape index (κ3) is 3.12. The molecule has 4 aliphatic rings. The van der Waals surface area contributed by atoms with Crippen LogP contribution < -0.4 is 4.74 Å². The molecule has 0 radical (unpaired) electrons. The minimum Gasteiger partial charge on any atom is -0.492 e. The summed E-state index contributed by atoms with van der Waals surface area (Å²) < 4.78 is 11.5. The number of hydrogen-bond acceptors (Lipinski definition) is 4. The molecule has 2 heterocycles. The summed E-state index contributed by atoms with van der Waals surface area (Å²) in [6, 6.07) is 9.62. The van der Waals surface area contributed by atoms with Gasteiger partial charge >= 0.3 is 6.09 Å². The molecule has 2 aliphatic heterocycles. The molecule has 5 rings (SSSR count). The number of likely N-dealkylation sites (tertiary alicyclic amines) is 1. The fourth-order valence-electron chi connectivity index (χ4n) is 5.15. The van der Waals surface area contributed by atoms with Crippen LogP contribution in [0, 0.1) is 11.3 Å². The highest BCUT2D eigenvalue weighted by Gasteiger charge is 2.62. The van der Waals surface area contributed by atoms with Gasteiger partial charge in [0.25, 0.3) is 0 Å². The van der Waals surface area contributed by atoms with E-state index in [0.29, 0.717) is 44.1 Å². The average Bonchev–Trinajstić information content (AvgIpc) is 3.38. The molecule has 1 atom stereocenters. The molecule has 0 aromatic heterocycles. The number of carbonyl (C=O) groups is 2. The van der Waals surface area contributed by atoms with Crippen LogP contribution >= 0.6 is 0 Å². The largest absolute Gasteiger partial charge is 0.492 e. The molecule has 0 bridgehead atoms. The lowest BCUT2D eigenvalue weighted by Gasteiger charge is -2.38. The molecule has 1 aromatic carbocycles. The Morgan fingerprint density at radius 3 is 2.54 bits per heavy atom. The molecule has 2 saturated carbocycles. The van der Waals surface area contributed by atoms with E-state index >= 15 is 0 Å². The number of nitrogens with zero attached hydrogens (tertiary/aromatic N) is 2. The summed E-state index contributed by atoms with van der Waals surface area (Å²) in [5.41, 5.74) is -0.0556. The monoisotopic (exact) mass is 384 g/mol. The first-order chi connectivity index (χ1) is 13.6. The summed E-state index contributed by atoms with van der Waals surface area (Å²) in [5, 5.41) is 0. The maximum Gasteiger partial charge on any atom is 0.410 e. The highest BCUT2D eigenvalue weighted by Crippen LogP contribution is 2.66. The van der Waals surface area contributed by atoms with E-state index in [1.807, 2.05) is 35.2 Å². The van der Waals surface area contributed by atoms with Gasteiger partial charge in [-0.05, 0) is 36.8 Å². The van der Waals surface area contributed by atoms with E-state index in [2.05, 4.69) is 0 Å². The first-order valence-corrected chi connectivity index (χ1v) is 10.5. The fourth-order valence-corrected chi connectivity index (χ4v) is 5.15. The van der Waals surface area contributed by atoms with Gasteiger partial charge in [0.1, 0.15) is 18.0 Å². The van der Waals surface area contributed by atoms with Crippen molar-refractivity contribution in [2.45, 2.75) is 44.1 Å². The third-order valence-electron chi connectivity index (χ3n) is 7.24. The molecule has 1 unspecified atom stereocenters. The maximum atomic E-state index is 12.8. The highest BCUT2D eigenvalue weighted by molar-refractivity contribution is 5.83. The van der Waals surface area contributed by atoms with Gasteiger partial charge in [-0.2, -0.15) is 0 Å². The predicted molar refractivity (Wildman–Crippen MR) is 103 cm³/mol. The lowest BCUT2D eigenvalue weighted by atomic mass is 9.79. The number of piperidine rings is 1. The van der Waals surface area contributed by atoms with Crippen molar-refractivity contribution in [2.75, 3.05) is 32.8 Å². The van der Waals surface area contributed by atoms with Gasteiger partial charge in [-0.15, -0.1) is 0 Å². The summed E-state index contributed by atoms with van der Waals surface area (Å²) in [6.45, 7) is 2.96. The molecular weight excluding hydrogens is 356 g/mol. The van der Waals surface area contributed by atoms with E-state index in [0.717, 1.165) is 25.0 Å². The molecule has 2 saturated heterocycles. The second kappa shape index (κ2) is 6.68. The topological polar surface area (TPSA) is 59.1 Å². The van der Waals surface area contributed by atoms with Crippen molar-refractivity contribution in [2.24, 2.45) is 11.3 Å². The second-order valence-corrected chi connectivity index (χ2v) is 8.93. The third-order valence-corrected chi connectivity index (χ3v) is 7.24. The van der Waals surface area contributed by atoms with Gasteiger partial charge in [0.2, 0.25) is 5.91 Å². The molecule has 6 nitrogen and oxygen atoms in total. The molecule has 0 N–H and O–H groups in total. The van der Waals surface area contributed by atoms with Crippen LogP contribution in [0.4, 0.5) is 4.79 Å². The SMILES string of the molecule is O=C1OC2(CCN(C(=O)C3CC34CCC4)CC2)CN1CCOc1ccccc1. The lowest BCUT2D eigenvalue weighted by molar-refractivity contribution is -0.137. The summed E-state index contributed by atoms with van der Waals surface area (Å²) in [5.74, 6) is 1.42. The zero-order valence-corrected chi connectivity index (χ0v) is 16.3. The Labute approximate surface area is 165 Å². The number of benzene rings is 1. The Morgan fingerprint density at radius 2 is 1.89 bits per heavy atom. The van der Waals surface area contributed by atoms with E-state index < -0.39 is 5.60 Å². The van der Waals surface area contributed by atoms with Crippen LogP contribution in [0.25, 0.3) is 0 Å². The number of para-hydroxylation sites is 1. The van der Waals surface area contributed by atoms with Crippen LogP contribution in [0.2, 0.25) is 0 Å². The van der Waals surface area contributed by atoms with Crippen molar-refractivity contribution in [3.63, 3.8) is 0 Å². The van der Waals surface area contributed by atoms with Gasteiger partial charge in [-0.1, -0.05) is 24.6 Å². The molecule has 2 amide bonds. The quantitative estimate of drug-likeness (QED) is 0.783. The highest BCUT2D eigenvalue weighted by atomic mass is 16.6. The van der Waals surface area contributed by atoms with Gasteiger partial charge in [-0.3, -0.25) is 4.79 Å². The second-order valence-electron chi connectivity index (χ2n) is 8.93. The van der Waals surface area contributed by atoms with Crippen LogP contribution in [0.15, 0.2) is 30.3 Å². The summed E-state index contributed by atoms with van der Waals surface area (Å²) in [7, 11) is 0. The Kier molecular flexibility index (Phi) is 4.25. The van der Waals surface area contributed by atoms with Crippen molar-refractivity contribution in [3.8, 4) is 5.75 Å². The zero-order chi connectivity index (χ0) is 19.2. The first kappa shape index (κ1) is 17.8. The van der Waals surface area contributed by atoms with E-state index in [4.69, 9.17) is 9.47 Å². The number of rotatable bonds is 5. The number of hydrogen-bond donors (Lipinski definition) is 0. The minimum atomic E-state index is -0.432. The van der Waals surface area contributed by atoms with Crippen molar-refractivity contribution < 1.29 is 19.1 Å². The normalized spacial score (nSPS) is 26.9. The summed E-state index contributed by atoms with van der Waals surface area (Å²) in [4.78, 5) is 28.8. The van der Waals surface area contributed by atoms with Crippen molar-refractivity contribution in [3.05, 3.63) is 30.3 Å². The minimum absolute atomic E-state index is 0.257. The van der Waals surface area contributed by atoms with Crippen LogP contribution in [-0.2, 0) is 9.53 Å². The van der Waals surface area contributed by atoms with Crippen LogP contribution in [-0.4, -0.2) is 60.2 Å². The smallest absolute Gasteiger partial charge is 0.410 e. The van der Waals surface area contributed by atoms with Crippen LogP contribution in [0.1, 0.15) is 38.5 Å². The van der Waals surface area contributed by atoms with Crippen molar-refractivity contribution >= 4 is 12.0 Å². The van der Waals surface area contributed by atoms with Gasteiger partial charge in [0.15, 0.2) is 0 Å². The van der Waals surface area contributed by atoms with Gasteiger partial charge in [0, 0.05) is 31.8 Å². The van der Waals surface area contributed by atoms with E-state index in [1.165, 1.54) is 19.3 Å². The molecule has 2 aliphatic carbocycles. The van der Waals surface area contributed by atoms with E-state index in [9.17, 15) is 9.59 Å². The molecule has 1 aromatic rings. The molecule has 150 valence electrons. The fraction of sp³-hybridized carbons (Fsp3) is 0.636. The van der Waals surface area contributed by atoms with Gasteiger partial charge in [0.05, 0.1) is 13.1 Å². The Bertz CT molecular complexity index is 753. The number of amides is 2. The van der Waals surface area contributed by atoms with Crippen molar-refractivity contribution in [1.29, 1.82) is 0 Å². The number of ether oxygens (including phenoxy) is 2. The van der Waals surface area contributed by atoms with Gasteiger partial charge in [-0.25, -0.2) is 4.79 Å². The molecule has 6 heteroatoms. The van der Waals surface area contributed by atoms with E-state index in [-0.39, 0.29) is 12.0 Å². The average molecular weight is 384 g/mol. The summed E-state index contributed by atoms with van der Waals surface area (Å²) in [6.07, 6.45) is 6.06. The molecule has 28 heavy (non-hydrogen) atoms. The first-order valence-electron chi connectivity index (χ1n) is 10.5. The predicted octanol–water partition coefficient (Wildman–Crippen LogP) is 3.07. The Morgan fingerprint density at radius 1 is 1.14 bits per heavy atom. The lowest BCUT2D eigenvalue weighted by Crippen LogP contribution is -2.49. The molecule has 4 fully saturated rings. The molecular formula is C22H28N2O4. The number of carbonyl (C=O) groups excluding carboxylic acids is 2. The maximum absolute atomic E-state index is 12.8. The Balaban J connectivity index is 1.10. The Hall–Kier alpha value is -2.24. The van der Waals surface area contributed by atoms with Crippen LogP contribution in [0.5, 0.6) is 5.75 Å². The van der Waals surface area contributed by atoms with Gasteiger partial charge < -0.3 is 19.3 Å². The van der Waals surface area contributed by atoms with Crippen molar-refractivity contribution in [1.82, 2.24) is 9.80 Å². The standard InChI is InChI=1S/C22H28N2O4/c25-19(18-15-21(18)7-4-8-21)23-11-9-22(10-12-23)16-24(20(26)28-22)13-14-27-17-5-2-1-3-6-17/h1-3,5-6,18H,4,7-16H2. The zero-order valence-electron chi connectivity index (χ0n) is 16.3. The van der Waals surface area contributed by atoms with Crippen LogP contribution in [0.3, 0.4) is 0 Å². The molecule has 2 spiro atoms. The summed E-state index contributed by atoms with van der Waals surface area (Å²) >= 11 is 0.